The first-order chi connectivity index (χ1) is 7.48. The quantitative estimate of drug-likeness (QED) is 0.865. The second-order valence-corrected chi connectivity index (χ2v) is 2.96. The molecule has 6 heteroatoms. The van der Waals surface area contributed by atoms with Gasteiger partial charge in [-0.15, -0.1) is 0 Å². The van der Waals surface area contributed by atoms with E-state index in [2.05, 4.69) is 4.74 Å². The van der Waals surface area contributed by atoms with Crippen LogP contribution in [-0.4, -0.2) is 17.9 Å². The molecule has 0 aliphatic carbocycles. The number of nitrogens with zero attached hydrogens (tertiary/aromatic N) is 1. The summed E-state index contributed by atoms with van der Waals surface area (Å²) in [6.07, 6.45) is -4.46. The fourth-order valence-electron chi connectivity index (χ4n) is 1.12. The Morgan fingerprint density at radius 2 is 2.06 bits per heavy atom. The van der Waals surface area contributed by atoms with E-state index in [9.17, 15) is 13.2 Å². The molecule has 3 nitrogen and oxygen atoms in total. The molecule has 1 N–H and O–H groups in total. The minimum atomic E-state index is -4.46. The van der Waals surface area contributed by atoms with Gasteiger partial charge in [0.15, 0.2) is 6.61 Å². The van der Waals surface area contributed by atoms with E-state index in [-0.39, 0.29) is 16.9 Å². The van der Waals surface area contributed by atoms with Gasteiger partial charge in [-0.25, -0.2) is 0 Å². The molecule has 1 aromatic carbocycles. The maximum absolute atomic E-state index is 11.9. The third-order valence-electron chi connectivity index (χ3n) is 1.79. The third kappa shape index (κ3) is 3.14. The maximum atomic E-state index is 11.9. The second kappa shape index (κ2) is 4.86. The summed E-state index contributed by atoms with van der Waals surface area (Å²) in [5, 5.41) is 17.6. The summed E-state index contributed by atoms with van der Waals surface area (Å²) >= 11 is 0. The molecule has 0 radical (unpaired) electrons. The molecule has 0 saturated heterocycles. The van der Waals surface area contributed by atoms with E-state index in [1.165, 1.54) is 18.2 Å². The molecule has 0 unspecified atom stereocenters. The highest BCUT2D eigenvalue weighted by molar-refractivity contribution is 5.48. The molecule has 0 aromatic heterocycles. The van der Waals surface area contributed by atoms with Crippen molar-refractivity contribution in [1.29, 1.82) is 5.26 Å². The van der Waals surface area contributed by atoms with Crippen LogP contribution in [0.2, 0.25) is 0 Å². The van der Waals surface area contributed by atoms with Crippen LogP contribution in [0.25, 0.3) is 0 Å². The minimum absolute atomic E-state index is 0.0748. The summed E-state index contributed by atoms with van der Waals surface area (Å²) in [6, 6.07) is 5.81. The first kappa shape index (κ1) is 12.3. The zero-order valence-electron chi connectivity index (χ0n) is 8.08. The van der Waals surface area contributed by atoms with E-state index in [1.54, 1.807) is 6.07 Å². The van der Waals surface area contributed by atoms with Crippen molar-refractivity contribution in [1.82, 2.24) is 0 Å². The number of aliphatic hydroxyl groups is 1. The van der Waals surface area contributed by atoms with Gasteiger partial charge in [0.25, 0.3) is 0 Å². The predicted octanol–water partition coefficient (Wildman–Crippen LogP) is 1.99. The Labute approximate surface area is 89.7 Å². The summed E-state index contributed by atoms with van der Waals surface area (Å²) in [5.74, 6) is -0.175. The lowest BCUT2D eigenvalue weighted by molar-refractivity contribution is -0.153. The van der Waals surface area contributed by atoms with Crippen molar-refractivity contribution >= 4 is 0 Å². The molecule has 0 spiro atoms. The van der Waals surface area contributed by atoms with Crippen molar-refractivity contribution in [3.63, 3.8) is 0 Å². The SMILES string of the molecule is N#Cc1c(CO)cccc1OCC(F)(F)F. The normalized spacial score (nSPS) is 10.9. The second-order valence-electron chi connectivity index (χ2n) is 2.96. The number of hydrogen-bond donors (Lipinski definition) is 1. The Morgan fingerprint density at radius 3 is 2.56 bits per heavy atom. The van der Waals surface area contributed by atoms with Gasteiger partial charge < -0.3 is 9.84 Å². The first-order valence-electron chi connectivity index (χ1n) is 4.30. The highest BCUT2D eigenvalue weighted by Crippen LogP contribution is 2.24. The monoisotopic (exact) mass is 231 g/mol. The lowest BCUT2D eigenvalue weighted by atomic mass is 10.1. The van der Waals surface area contributed by atoms with Crippen molar-refractivity contribution in [3.8, 4) is 11.8 Å². The molecular formula is C10H8F3NO2. The standard InChI is InChI=1S/C10H8F3NO2/c11-10(12,13)6-16-9-3-1-2-7(5-15)8(9)4-14/h1-3,15H,5-6H2. The lowest BCUT2D eigenvalue weighted by Gasteiger charge is -2.11. The van der Waals surface area contributed by atoms with Crippen molar-refractivity contribution in [3.05, 3.63) is 29.3 Å². The van der Waals surface area contributed by atoms with E-state index in [0.717, 1.165) is 0 Å². The number of halogens is 3. The van der Waals surface area contributed by atoms with Crippen LogP contribution in [0.15, 0.2) is 18.2 Å². The zero-order valence-corrected chi connectivity index (χ0v) is 8.08. The van der Waals surface area contributed by atoms with Gasteiger partial charge in [-0.3, -0.25) is 0 Å². The molecule has 0 saturated carbocycles. The molecule has 0 heterocycles. The van der Waals surface area contributed by atoms with Gasteiger partial charge in [0.2, 0.25) is 0 Å². The molecule has 0 amide bonds. The van der Waals surface area contributed by atoms with Crippen LogP contribution < -0.4 is 4.74 Å². The summed E-state index contributed by atoms with van der Waals surface area (Å²) < 4.78 is 40.2. The van der Waals surface area contributed by atoms with Gasteiger partial charge in [0.05, 0.1) is 12.2 Å². The zero-order chi connectivity index (χ0) is 12.2. The molecular weight excluding hydrogens is 223 g/mol. The maximum Gasteiger partial charge on any atom is 0.422 e. The fraction of sp³-hybridized carbons (Fsp3) is 0.300. The largest absolute Gasteiger partial charge is 0.483 e. The third-order valence-corrected chi connectivity index (χ3v) is 1.79. The predicted molar refractivity (Wildman–Crippen MR) is 48.6 cm³/mol. The molecule has 0 aliphatic heterocycles. The average Bonchev–Trinajstić information content (AvgIpc) is 2.24. The number of ether oxygens (including phenoxy) is 1. The Morgan fingerprint density at radius 1 is 1.38 bits per heavy atom. The molecule has 0 bridgehead atoms. The first-order valence-corrected chi connectivity index (χ1v) is 4.30. The highest BCUT2D eigenvalue weighted by Gasteiger charge is 2.29. The Kier molecular flexibility index (Phi) is 3.74. The van der Waals surface area contributed by atoms with E-state index >= 15 is 0 Å². The Balaban J connectivity index is 2.93. The van der Waals surface area contributed by atoms with Gasteiger partial charge >= 0.3 is 6.18 Å². The van der Waals surface area contributed by atoms with Gasteiger partial charge in [0.1, 0.15) is 11.8 Å². The van der Waals surface area contributed by atoms with Crippen LogP contribution in [0.5, 0.6) is 5.75 Å². The van der Waals surface area contributed by atoms with Gasteiger partial charge in [0, 0.05) is 0 Å². The molecule has 0 atom stereocenters. The van der Waals surface area contributed by atoms with E-state index in [4.69, 9.17) is 10.4 Å². The highest BCUT2D eigenvalue weighted by atomic mass is 19.4. The summed E-state index contributed by atoms with van der Waals surface area (Å²) in [6.45, 7) is -1.89. The molecule has 1 rings (SSSR count). The van der Waals surface area contributed by atoms with Crippen LogP contribution in [0.3, 0.4) is 0 Å². The lowest BCUT2D eigenvalue weighted by Crippen LogP contribution is -2.19. The number of benzene rings is 1. The number of hydrogen-bond acceptors (Lipinski definition) is 3. The average molecular weight is 231 g/mol. The van der Waals surface area contributed by atoms with Crippen LogP contribution in [0.1, 0.15) is 11.1 Å². The van der Waals surface area contributed by atoms with E-state index in [1.807, 2.05) is 0 Å². The number of aliphatic hydroxyl groups excluding tert-OH is 1. The van der Waals surface area contributed by atoms with Crippen molar-refractivity contribution in [2.24, 2.45) is 0 Å². The topological polar surface area (TPSA) is 53.2 Å². The molecule has 16 heavy (non-hydrogen) atoms. The molecule has 1 aromatic rings. The smallest absolute Gasteiger partial charge is 0.422 e. The summed E-state index contributed by atoms with van der Waals surface area (Å²) in [5.41, 5.74) is 0.163. The van der Waals surface area contributed by atoms with Crippen LogP contribution in [0, 0.1) is 11.3 Å². The minimum Gasteiger partial charge on any atom is -0.483 e. The van der Waals surface area contributed by atoms with Crippen LogP contribution in [-0.2, 0) is 6.61 Å². The number of rotatable bonds is 3. The molecule has 86 valence electrons. The fourth-order valence-corrected chi connectivity index (χ4v) is 1.12. The van der Waals surface area contributed by atoms with Crippen molar-refractivity contribution < 1.29 is 23.0 Å². The molecule has 0 fully saturated rings. The number of nitriles is 1. The molecule has 0 aliphatic rings. The van der Waals surface area contributed by atoms with Crippen molar-refractivity contribution in [2.75, 3.05) is 6.61 Å². The van der Waals surface area contributed by atoms with Crippen LogP contribution in [0.4, 0.5) is 13.2 Å². The Bertz CT molecular complexity index is 410. The number of alkyl halides is 3. The van der Waals surface area contributed by atoms with E-state index in [0.29, 0.717) is 0 Å². The van der Waals surface area contributed by atoms with Gasteiger partial charge in [-0.2, -0.15) is 18.4 Å². The van der Waals surface area contributed by atoms with Crippen LogP contribution >= 0.6 is 0 Å². The van der Waals surface area contributed by atoms with Crippen molar-refractivity contribution in [2.45, 2.75) is 12.8 Å². The van der Waals surface area contributed by atoms with Gasteiger partial charge in [-0.05, 0) is 11.6 Å². The summed E-state index contributed by atoms with van der Waals surface area (Å²) in [7, 11) is 0. The summed E-state index contributed by atoms with van der Waals surface area (Å²) in [4.78, 5) is 0. The van der Waals surface area contributed by atoms with E-state index < -0.39 is 19.4 Å². The van der Waals surface area contributed by atoms with Gasteiger partial charge in [-0.1, -0.05) is 12.1 Å². The Hall–Kier alpha value is -1.74.